The molecule has 0 spiro atoms. The quantitative estimate of drug-likeness (QED) is 0.623. The first kappa shape index (κ1) is 19.6. The number of aromatic nitrogens is 3. The summed E-state index contributed by atoms with van der Waals surface area (Å²) in [4.78, 5) is 23.5. The predicted octanol–water partition coefficient (Wildman–Crippen LogP) is 3.57. The summed E-state index contributed by atoms with van der Waals surface area (Å²) in [5, 5.41) is 14.6. The van der Waals surface area contributed by atoms with Crippen LogP contribution in [0, 0.1) is 13.8 Å². The number of benzene rings is 2. The summed E-state index contributed by atoms with van der Waals surface area (Å²) in [6.07, 6.45) is 0. The fraction of sp³-hybridized carbons (Fsp3) is 0.200. The van der Waals surface area contributed by atoms with Gasteiger partial charge in [0.05, 0.1) is 11.4 Å². The monoisotopic (exact) mass is 395 g/mol. The first-order chi connectivity index (χ1) is 13.4. The van der Waals surface area contributed by atoms with Crippen molar-refractivity contribution in [1.82, 2.24) is 14.8 Å². The lowest BCUT2D eigenvalue weighted by atomic mass is 10.2. The van der Waals surface area contributed by atoms with Crippen LogP contribution in [0.25, 0.3) is 5.69 Å². The van der Waals surface area contributed by atoms with Gasteiger partial charge in [0.15, 0.2) is 5.16 Å². The zero-order valence-corrected chi connectivity index (χ0v) is 16.7. The van der Waals surface area contributed by atoms with Gasteiger partial charge < -0.3 is 10.6 Å². The topological polar surface area (TPSA) is 88.9 Å². The van der Waals surface area contributed by atoms with E-state index in [1.54, 1.807) is 24.3 Å². The number of para-hydroxylation sites is 1. The maximum Gasteiger partial charge on any atom is 0.234 e. The number of anilines is 2. The molecule has 2 aromatic carbocycles. The Morgan fingerprint density at radius 2 is 1.71 bits per heavy atom. The van der Waals surface area contributed by atoms with Crippen molar-refractivity contribution >= 4 is 35.0 Å². The Balaban J connectivity index is 1.68. The number of nitrogens with one attached hydrogen (secondary N) is 2. The van der Waals surface area contributed by atoms with Gasteiger partial charge in [-0.1, -0.05) is 36.0 Å². The molecular formula is C20H21N5O2S. The number of carbonyl (C=O) groups is 2. The molecule has 0 saturated heterocycles. The van der Waals surface area contributed by atoms with Gasteiger partial charge in [0.2, 0.25) is 11.8 Å². The van der Waals surface area contributed by atoms with E-state index in [2.05, 4.69) is 20.8 Å². The second kappa shape index (κ2) is 8.71. The van der Waals surface area contributed by atoms with E-state index in [4.69, 9.17) is 0 Å². The number of aryl methyl sites for hydroxylation is 2. The van der Waals surface area contributed by atoms with Crippen LogP contribution in [0.2, 0.25) is 0 Å². The summed E-state index contributed by atoms with van der Waals surface area (Å²) in [5.74, 6) is 0.626. The molecule has 3 rings (SSSR count). The van der Waals surface area contributed by atoms with Gasteiger partial charge in [0.25, 0.3) is 0 Å². The highest BCUT2D eigenvalue weighted by molar-refractivity contribution is 7.99. The van der Waals surface area contributed by atoms with Crippen molar-refractivity contribution in [3.05, 3.63) is 59.9 Å². The van der Waals surface area contributed by atoms with Crippen LogP contribution in [0.4, 0.5) is 11.4 Å². The van der Waals surface area contributed by atoms with Crippen molar-refractivity contribution in [2.24, 2.45) is 0 Å². The number of carbonyl (C=O) groups excluding carboxylic acids is 2. The number of rotatable bonds is 6. The van der Waals surface area contributed by atoms with Crippen molar-refractivity contribution in [2.75, 3.05) is 16.4 Å². The molecule has 0 aliphatic rings. The SMILES string of the molecule is CC(=O)Nc1cccc(NC(=O)CSc2nnc(C)n2-c2ccccc2C)c1. The Kier molecular flexibility index (Phi) is 6.10. The average Bonchev–Trinajstić information content (AvgIpc) is 3.01. The molecule has 0 bridgehead atoms. The third-order valence-electron chi connectivity index (χ3n) is 3.95. The minimum atomic E-state index is -0.165. The Bertz CT molecular complexity index is 1020. The lowest BCUT2D eigenvalue weighted by Gasteiger charge is -2.11. The van der Waals surface area contributed by atoms with Crippen LogP contribution in [-0.4, -0.2) is 32.3 Å². The summed E-state index contributed by atoms with van der Waals surface area (Å²) >= 11 is 1.32. The normalized spacial score (nSPS) is 10.5. The van der Waals surface area contributed by atoms with E-state index < -0.39 is 0 Å². The highest BCUT2D eigenvalue weighted by Crippen LogP contribution is 2.24. The zero-order valence-electron chi connectivity index (χ0n) is 15.9. The molecule has 0 aliphatic carbocycles. The molecule has 8 heteroatoms. The van der Waals surface area contributed by atoms with Gasteiger partial charge in [-0.25, -0.2) is 0 Å². The second-order valence-corrected chi connectivity index (χ2v) is 7.19. The Morgan fingerprint density at radius 1 is 1.00 bits per heavy atom. The molecular weight excluding hydrogens is 374 g/mol. The predicted molar refractivity (Wildman–Crippen MR) is 111 cm³/mol. The largest absolute Gasteiger partial charge is 0.326 e. The third-order valence-corrected chi connectivity index (χ3v) is 4.88. The molecule has 3 aromatic rings. The van der Waals surface area contributed by atoms with Gasteiger partial charge in [-0.05, 0) is 43.7 Å². The van der Waals surface area contributed by atoms with Crippen LogP contribution in [-0.2, 0) is 9.59 Å². The van der Waals surface area contributed by atoms with Crippen molar-refractivity contribution in [2.45, 2.75) is 25.9 Å². The van der Waals surface area contributed by atoms with Crippen LogP contribution < -0.4 is 10.6 Å². The molecule has 0 unspecified atom stereocenters. The average molecular weight is 395 g/mol. The van der Waals surface area contributed by atoms with Gasteiger partial charge in [0, 0.05) is 18.3 Å². The van der Waals surface area contributed by atoms with E-state index in [9.17, 15) is 9.59 Å². The van der Waals surface area contributed by atoms with E-state index >= 15 is 0 Å². The van der Waals surface area contributed by atoms with E-state index in [1.165, 1.54) is 18.7 Å². The summed E-state index contributed by atoms with van der Waals surface area (Å²) in [6.45, 7) is 5.35. The molecule has 0 saturated carbocycles. The lowest BCUT2D eigenvalue weighted by molar-refractivity contribution is -0.114. The van der Waals surface area contributed by atoms with E-state index in [-0.39, 0.29) is 17.6 Å². The Hall–Kier alpha value is -3.13. The molecule has 144 valence electrons. The molecule has 0 radical (unpaired) electrons. The van der Waals surface area contributed by atoms with Gasteiger partial charge in [-0.2, -0.15) is 0 Å². The molecule has 28 heavy (non-hydrogen) atoms. The van der Waals surface area contributed by atoms with E-state index in [0.29, 0.717) is 16.5 Å². The maximum absolute atomic E-state index is 12.4. The second-order valence-electron chi connectivity index (χ2n) is 6.25. The molecule has 0 atom stereocenters. The Labute approximate surface area is 167 Å². The van der Waals surface area contributed by atoms with Gasteiger partial charge >= 0.3 is 0 Å². The number of hydrogen-bond donors (Lipinski definition) is 2. The molecule has 0 aliphatic heterocycles. The van der Waals surface area contributed by atoms with Crippen LogP contribution in [0.3, 0.4) is 0 Å². The molecule has 1 aromatic heterocycles. The van der Waals surface area contributed by atoms with Crippen LogP contribution in [0.1, 0.15) is 18.3 Å². The van der Waals surface area contributed by atoms with Crippen molar-refractivity contribution < 1.29 is 9.59 Å². The minimum Gasteiger partial charge on any atom is -0.326 e. The van der Waals surface area contributed by atoms with Crippen molar-refractivity contribution in [3.8, 4) is 5.69 Å². The van der Waals surface area contributed by atoms with E-state index in [0.717, 1.165) is 17.1 Å². The molecule has 2 amide bonds. The molecule has 2 N–H and O–H groups in total. The maximum atomic E-state index is 12.4. The molecule has 1 heterocycles. The molecule has 0 fully saturated rings. The standard InChI is InChI=1S/C20H21N5O2S/c1-13-7-4-5-10-18(13)25-14(2)23-24-20(25)28-12-19(27)22-17-9-6-8-16(11-17)21-15(3)26/h4-11H,12H2,1-3H3,(H,21,26)(H,22,27). The number of hydrogen-bond acceptors (Lipinski definition) is 5. The van der Waals surface area contributed by atoms with Crippen molar-refractivity contribution in [3.63, 3.8) is 0 Å². The first-order valence-corrected chi connectivity index (χ1v) is 9.71. The zero-order chi connectivity index (χ0) is 20.1. The van der Waals surface area contributed by atoms with Crippen LogP contribution in [0.5, 0.6) is 0 Å². The highest BCUT2D eigenvalue weighted by Gasteiger charge is 2.14. The summed E-state index contributed by atoms with van der Waals surface area (Å²) in [6, 6.07) is 15.0. The van der Waals surface area contributed by atoms with Crippen LogP contribution in [0.15, 0.2) is 53.7 Å². The summed E-state index contributed by atoms with van der Waals surface area (Å²) in [5.41, 5.74) is 3.35. The Morgan fingerprint density at radius 3 is 2.43 bits per heavy atom. The number of amides is 2. The van der Waals surface area contributed by atoms with Gasteiger partial charge in [-0.3, -0.25) is 14.2 Å². The summed E-state index contributed by atoms with van der Waals surface area (Å²) < 4.78 is 1.95. The fourth-order valence-corrected chi connectivity index (χ4v) is 3.52. The number of thioether (sulfide) groups is 1. The van der Waals surface area contributed by atoms with Crippen molar-refractivity contribution in [1.29, 1.82) is 0 Å². The van der Waals surface area contributed by atoms with Gasteiger partial charge in [-0.15, -0.1) is 10.2 Å². The molecule has 7 nitrogen and oxygen atoms in total. The highest BCUT2D eigenvalue weighted by atomic mass is 32.2. The minimum absolute atomic E-state index is 0.162. The smallest absolute Gasteiger partial charge is 0.234 e. The van der Waals surface area contributed by atoms with E-state index in [1.807, 2.05) is 42.7 Å². The lowest BCUT2D eigenvalue weighted by Crippen LogP contribution is -2.15. The first-order valence-electron chi connectivity index (χ1n) is 8.72. The number of nitrogens with zero attached hydrogens (tertiary/aromatic N) is 3. The fourth-order valence-electron chi connectivity index (χ4n) is 2.73. The van der Waals surface area contributed by atoms with Crippen LogP contribution >= 0.6 is 11.8 Å². The van der Waals surface area contributed by atoms with Gasteiger partial charge in [0.1, 0.15) is 5.82 Å². The third kappa shape index (κ3) is 4.77. The summed E-state index contributed by atoms with van der Waals surface area (Å²) in [7, 11) is 0.